The van der Waals surface area contributed by atoms with Crippen molar-refractivity contribution in [3.8, 4) is 11.1 Å². The number of rotatable bonds is 11. The van der Waals surface area contributed by atoms with E-state index in [0.717, 1.165) is 59.3 Å². The Labute approximate surface area is 296 Å². The highest BCUT2D eigenvalue weighted by Crippen LogP contribution is 2.43. The molecule has 0 aliphatic carbocycles. The van der Waals surface area contributed by atoms with Crippen LogP contribution in [0.2, 0.25) is 0 Å². The summed E-state index contributed by atoms with van der Waals surface area (Å²) >= 11 is 0. The molecule has 6 unspecified atom stereocenters. The molecular formula is C39H46F3N3O6. The Bertz CT molecular complexity index is 1650. The number of halogens is 3. The number of carbonyl (C=O) groups is 2. The van der Waals surface area contributed by atoms with Gasteiger partial charge in [-0.2, -0.15) is 13.2 Å². The van der Waals surface area contributed by atoms with E-state index in [0.29, 0.717) is 24.0 Å². The largest absolute Gasteiger partial charge is 0.471 e. The zero-order valence-electron chi connectivity index (χ0n) is 29.0. The first-order valence-electron chi connectivity index (χ1n) is 17.6. The minimum Gasteiger partial charge on any atom is -0.392 e. The molecule has 51 heavy (non-hydrogen) atoms. The number of carbonyl (C=O) groups excluding carboxylic acids is 2. The first-order valence-corrected chi connectivity index (χ1v) is 17.6. The standard InChI is InChI=1S/C39H46F3N3O6/c1-25-34(22-44-17-5-11-32(44)24-49-2)50-37(51-35(25)28-15-13-26(23-46)14-16-28)31-10-4-9-30(20-31)29-8-3-7-27(19-29)21-43-36(47)33-12-6-18-45(33)38(48)39(40,41)42/h3-4,7-10,13-16,19-20,25,32-35,37,46H,5-6,11-12,17-18,21-24H2,1-2H3,(H,43,47). The van der Waals surface area contributed by atoms with Crippen molar-refractivity contribution in [1.29, 1.82) is 0 Å². The fourth-order valence-corrected chi connectivity index (χ4v) is 7.55. The summed E-state index contributed by atoms with van der Waals surface area (Å²) in [4.78, 5) is 27.8. The number of alkyl halides is 3. The van der Waals surface area contributed by atoms with Crippen molar-refractivity contribution in [2.24, 2.45) is 5.92 Å². The summed E-state index contributed by atoms with van der Waals surface area (Å²) in [5.41, 5.74) is 5.25. The predicted molar refractivity (Wildman–Crippen MR) is 184 cm³/mol. The highest BCUT2D eigenvalue weighted by molar-refractivity contribution is 5.90. The van der Waals surface area contributed by atoms with Gasteiger partial charge >= 0.3 is 12.1 Å². The number of likely N-dealkylation sites (tertiary alicyclic amines) is 2. The van der Waals surface area contributed by atoms with E-state index >= 15 is 0 Å². The van der Waals surface area contributed by atoms with Crippen LogP contribution in [0.5, 0.6) is 0 Å². The van der Waals surface area contributed by atoms with E-state index in [2.05, 4.69) is 17.1 Å². The van der Waals surface area contributed by atoms with Crippen LogP contribution in [0.25, 0.3) is 11.1 Å². The predicted octanol–water partition coefficient (Wildman–Crippen LogP) is 5.92. The minimum absolute atomic E-state index is 0.0337. The van der Waals surface area contributed by atoms with Crippen LogP contribution < -0.4 is 5.32 Å². The monoisotopic (exact) mass is 709 g/mol. The number of benzene rings is 3. The number of hydrogen-bond acceptors (Lipinski definition) is 7. The second-order valence-corrected chi connectivity index (χ2v) is 13.8. The second kappa shape index (κ2) is 16.2. The topological polar surface area (TPSA) is 101 Å². The molecule has 3 fully saturated rings. The lowest BCUT2D eigenvalue weighted by molar-refractivity contribution is -0.276. The highest BCUT2D eigenvalue weighted by Gasteiger charge is 2.47. The van der Waals surface area contributed by atoms with Gasteiger partial charge in [-0.05, 0) is 72.2 Å². The lowest BCUT2D eigenvalue weighted by Crippen LogP contribution is -2.50. The number of amides is 2. The molecule has 12 heteroatoms. The van der Waals surface area contributed by atoms with Crippen molar-refractivity contribution in [2.45, 2.75) is 82.5 Å². The van der Waals surface area contributed by atoms with E-state index in [-0.39, 0.29) is 44.2 Å². The van der Waals surface area contributed by atoms with Gasteiger partial charge in [-0.1, -0.05) is 67.6 Å². The molecule has 2 N–H and O–H groups in total. The number of aliphatic hydroxyl groups excluding tert-OH is 1. The number of ether oxygens (including phenoxy) is 3. The molecule has 0 bridgehead atoms. The Morgan fingerprint density at radius 1 is 0.922 bits per heavy atom. The second-order valence-electron chi connectivity index (χ2n) is 13.8. The molecule has 0 spiro atoms. The van der Waals surface area contributed by atoms with Crippen LogP contribution in [0.4, 0.5) is 13.2 Å². The average molecular weight is 710 g/mol. The molecule has 3 aliphatic rings. The number of methoxy groups -OCH3 is 1. The van der Waals surface area contributed by atoms with Crippen LogP contribution in [0.15, 0.2) is 72.8 Å². The lowest BCUT2D eigenvalue weighted by Gasteiger charge is -2.43. The smallest absolute Gasteiger partial charge is 0.392 e. The van der Waals surface area contributed by atoms with Gasteiger partial charge in [0.2, 0.25) is 5.91 Å². The van der Waals surface area contributed by atoms with Gasteiger partial charge in [0.15, 0.2) is 6.29 Å². The maximum Gasteiger partial charge on any atom is 0.471 e. The van der Waals surface area contributed by atoms with Crippen molar-refractivity contribution in [3.05, 3.63) is 95.1 Å². The summed E-state index contributed by atoms with van der Waals surface area (Å²) < 4.78 is 58.2. The Morgan fingerprint density at radius 2 is 1.65 bits per heavy atom. The fraction of sp³-hybridized carbons (Fsp3) is 0.487. The van der Waals surface area contributed by atoms with Gasteiger partial charge in [0, 0.05) is 44.3 Å². The summed E-state index contributed by atoms with van der Waals surface area (Å²) in [5.74, 6) is -2.54. The lowest BCUT2D eigenvalue weighted by atomic mass is 9.89. The Hall–Kier alpha value is -3.81. The molecule has 2 amide bonds. The maximum atomic E-state index is 13.1. The molecule has 3 aromatic carbocycles. The van der Waals surface area contributed by atoms with E-state index in [1.165, 1.54) is 0 Å². The Morgan fingerprint density at radius 3 is 2.37 bits per heavy atom. The van der Waals surface area contributed by atoms with Crippen molar-refractivity contribution >= 4 is 11.8 Å². The van der Waals surface area contributed by atoms with E-state index < -0.39 is 30.3 Å². The van der Waals surface area contributed by atoms with Crippen molar-refractivity contribution in [3.63, 3.8) is 0 Å². The maximum absolute atomic E-state index is 13.1. The summed E-state index contributed by atoms with van der Waals surface area (Å²) in [7, 11) is 1.74. The summed E-state index contributed by atoms with van der Waals surface area (Å²) in [6.45, 7) is 4.53. The van der Waals surface area contributed by atoms with Gasteiger partial charge in [-0.25, -0.2) is 0 Å². The van der Waals surface area contributed by atoms with E-state index in [9.17, 15) is 27.9 Å². The molecule has 3 aromatic rings. The van der Waals surface area contributed by atoms with Gasteiger partial charge in [0.05, 0.1) is 25.4 Å². The third-order valence-corrected chi connectivity index (χ3v) is 10.3. The average Bonchev–Trinajstić information content (AvgIpc) is 3.81. The number of hydrogen-bond donors (Lipinski definition) is 2. The minimum atomic E-state index is -5.02. The van der Waals surface area contributed by atoms with E-state index in [1.807, 2.05) is 72.8 Å². The van der Waals surface area contributed by atoms with Crippen molar-refractivity contribution < 1.29 is 42.1 Å². The third-order valence-electron chi connectivity index (χ3n) is 10.3. The molecule has 3 heterocycles. The van der Waals surface area contributed by atoms with Gasteiger partial charge in [0.25, 0.3) is 0 Å². The molecule has 0 radical (unpaired) electrons. The zero-order valence-corrected chi connectivity index (χ0v) is 29.0. The first-order chi connectivity index (χ1) is 24.5. The van der Waals surface area contributed by atoms with E-state index in [1.54, 1.807) is 7.11 Å². The summed E-state index contributed by atoms with van der Waals surface area (Å²) in [6, 6.07) is 22.6. The molecule has 6 rings (SSSR count). The number of nitrogens with zero attached hydrogens (tertiary/aromatic N) is 2. The van der Waals surface area contributed by atoms with Crippen molar-refractivity contribution in [2.75, 3.05) is 33.4 Å². The quantitative estimate of drug-likeness (QED) is 0.255. The van der Waals surface area contributed by atoms with Gasteiger partial charge in [-0.15, -0.1) is 0 Å². The molecule has 6 atom stereocenters. The molecule has 274 valence electrons. The molecule has 0 aromatic heterocycles. The van der Waals surface area contributed by atoms with Crippen LogP contribution in [-0.4, -0.2) is 84.4 Å². The number of aliphatic hydroxyl groups is 1. The normalized spacial score (nSPS) is 25.6. The third kappa shape index (κ3) is 8.64. The Balaban J connectivity index is 1.19. The fourth-order valence-electron chi connectivity index (χ4n) is 7.55. The van der Waals surface area contributed by atoms with Crippen LogP contribution in [0, 0.1) is 5.92 Å². The van der Waals surface area contributed by atoms with Crippen LogP contribution in [0.3, 0.4) is 0 Å². The SMILES string of the molecule is COCC1CCCN1CC1OC(c2cccc(-c3cccc(CNC(=O)C4CCCN4C(=O)C(F)(F)F)c3)c2)OC(c2ccc(CO)cc2)C1C. The van der Waals surface area contributed by atoms with Gasteiger partial charge in [-0.3, -0.25) is 14.5 Å². The molecule has 9 nitrogen and oxygen atoms in total. The highest BCUT2D eigenvalue weighted by atomic mass is 19.4. The molecular weight excluding hydrogens is 663 g/mol. The van der Waals surface area contributed by atoms with Crippen molar-refractivity contribution in [1.82, 2.24) is 15.1 Å². The molecule has 0 saturated carbocycles. The van der Waals surface area contributed by atoms with Gasteiger partial charge < -0.3 is 29.5 Å². The summed E-state index contributed by atoms with van der Waals surface area (Å²) in [5, 5.41) is 12.3. The molecule has 3 aliphatic heterocycles. The first kappa shape index (κ1) is 37.0. The number of nitrogens with one attached hydrogen (secondary N) is 1. The Kier molecular flexibility index (Phi) is 11.8. The van der Waals surface area contributed by atoms with E-state index in [4.69, 9.17) is 14.2 Å². The summed E-state index contributed by atoms with van der Waals surface area (Å²) in [6.07, 6.45) is -3.31. The van der Waals surface area contributed by atoms with Gasteiger partial charge in [0.1, 0.15) is 6.04 Å². The van der Waals surface area contributed by atoms with Crippen LogP contribution in [-0.2, 0) is 37.0 Å². The molecule has 3 saturated heterocycles. The van der Waals surface area contributed by atoms with Crippen LogP contribution in [0.1, 0.15) is 67.3 Å². The zero-order chi connectivity index (χ0) is 36.1. The van der Waals surface area contributed by atoms with Crippen LogP contribution >= 0.6 is 0 Å².